The Morgan fingerprint density at radius 2 is 1.86 bits per heavy atom. The van der Waals surface area contributed by atoms with Gasteiger partial charge in [0.25, 0.3) is 10.0 Å². The molecule has 0 unspecified atom stereocenters. The minimum Gasteiger partial charge on any atom is -0.381 e. The SMILES string of the molecule is O=S(=O)(c1cccs1)N(CCc1cccs1)C1CCOCC1. The van der Waals surface area contributed by atoms with Crippen LogP contribution in [0.5, 0.6) is 0 Å². The monoisotopic (exact) mass is 357 g/mol. The van der Waals surface area contributed by atoms with E-state index < -0.39 is 10.0 Å². The van der Waals surface area contributed by atoms with Crippen LogP contribution in [-0.4, -0.2) is 38.5 Å². The van der Waals surface area contributed by atoms with Crippen LogP contribution in [0.2, 0.25) is 0 Å². The van der Waals surface area contributed by atoms with E-state index in [1.807, 2.05) is 16.8 Å². The molecule has 7 heteroatoms. The van der Waals surface area contributed by atoms with Crippen molar-refractivity contribution in [1.82, 2.24) is 4.31 Å². The number of rotatable bonds is 6. The van der Waals surface area contributed by atoms with E-state index in [1.165, 1.54) is 16.2 Å². The minimum absolute atomic E-state index is 0.0424. The average Bonchev–Trinajstić information content (AvgIpc) is 3.22. The molecular weight excluding hydrogens is 338 g/mol. The van der Waals surface area contributed by atoms with Crippen LogP contribution in [0.3, 0.4) is 0 Å². The Bertz CT molecular complexity index is 659. The lowest BCUT2D eigenvalue weighted by Crippen LogP contribution is -2.44. The quantitative estimate of drug-likeness (QED) is 0.797. The third-order valence-electron chi connectivity index (χ3n) is 3.81. The van der Waals surface area contributed by atoms with Gasteiger partial charge in [-0.3, -0.25) is 0 Å². The minimum atomic E-state index is -3.41. The molecule has 3 heterocycles. The van der Waals surface area contributed by atoms with Crippen molar-refractivity contribution in [3.8, 4) is 0 Å². The summed E-state index contributed by atoms with van der Waals surface area (Å²) in [6, 6.07) is 7.59. The number of hydrogen-bond donors (Lipinski definition) is 0. The summed E-state index contributed by atoms with van der Waals surface area (Å²) in [5, 5.41) is 3.84. The molecule has 0 aliphatic carbocycles. The fourth-order valence-electron chi connectivity index (χ4n) is 2.67. The highest BCUT2D eigenvalue weighted by molar-refractivity contribution is 7.91. The summed E-state index contributed by atoms with van der Waals surface area (Å²) in [6.45, 7) is 1.81. The van der Waals surface area contributed by atoms with Gasteiger partial charge in [0, 0.05) is 30.7 Å². The molecule has 0 atom stereocenters. The zero-order chi connectivity index (χ0) is 15.4. The second kappa shape index (κ2) is 7.23. The van der Waals surface area contributed by atoms with Gasteiger partial charge in [-0.2, -0.15) is 4.31 Å². The van der Waals surface area contributed by atoms with Crippen molar-refractivity contribution < 1.29 is 13.2 Å². The summed E-state index contributed by atoms with van der Waals surface area (Å²) in [4.78, 5) is 1.22. The van der Waals surface area contributed by atoms with Gasteiger partial charge in [0.15, 0.2) is 0 Å². The Morgan fingerprint density at radius 1 is 1.14 bits per heavy atom. The molecule has 22 heavy (non-hydrogen) atoms. The van der Waals surface area contributed by atoms with E-state index in [4.69, 9.17) is 4.74 Å². The molecule has 1 aliphatic heterocycles. The predicted octanol–water partition coefficient (Wildman–Crippen LogP) is 3.22. The maximum atomic E-state index is 13.0. The van der Waals surface area contributed by atoms with E-state index in [0.717, 1.165) is 19.3 Å². The molecule has 4 nitrogen and oxygen atoms in total. The van der Waals surface area contributed by atoms with Gasteiger partial charge in [0.1, 0.15) is 4.21 Å². The van der Waals surface area contributed by atoms with Crippen LogP contribution in [0.4, 0.5) is 0 Å². The highest BCUT2D eigenvalue weighted by Crippen LogP contribution is 2.27. The second-order valence-electron chi connectivity index (χ2n) is 5.22. The molecule has 1 saturated heterocycles. The molecule has 0 amide bonds. The Morgan fingerprint density at radius 3 is 2.50 bits per heavy atom. The smallest absolute Gasteiger partial charge is 0.252 e. The number of ether oxygens (including phenoxy) is 1. The third kappa shape index (κ3) is 3.60. The first-order valence-corrected chi connectivity index (χ1v) is 10.5. The standard InChI is InChI=1S/C15H19NO3S3/c17-22(18,15-4-2-12-21-15)16(13-6-9-19-10-7-13)8-5-14-3-1-11-20-14/h1-4,11-13H,5-10H2. The molecule has 0 spiro atoms. The van der Waals surface area contributed by atoms with E-state index in [2.05, 4.69) is 6.07 Å². The maximum Gasteiger partial charge on any atom is 0.252 e. The Hall–Kier alpha value is -0.730. The number of nitrogens with zero attached hydrogens (tertiary/aromatic N) is 1. The van der Waals surface area contributed by atoms with Gasteiger partial charge < -0.3 is 4.74 Å². The summed E-state index contributed by atoms with van der Waals surface area (Å²) in [5.74, 6) is 0. The first-order valence-electron chi connectivity index (χ1n) is 7.33. The van der Waals surface area contributed by atoms with Gasteiger partial charge in [-0.05, 0) is 42.2 Å². The average molecular weight is 358 g/mol. The fourth-order valence-corrected chi connectivity index (χ4v) is 6.18. The lowest BCUT2D eigenvalue weighted by atomic mass is 10.1. The lowest BCUT2D eigenvalue weighted by Gasteiger charge is -2.33. The molecule has 2 aromatic rings. The van der Waals surface area contributed by atoms with Crippen molar-refractivity contribution in [3.63, 3.8) is 0 Å². The molecule has 2 aromatic heterocycles. The van der Waals surface area contributed by atoms with Crippen molar-refractivity contribution in [2.45, 2.75) is 29.5 Å². The van der Waals surface area contributed by atoms with Crippen LogP contribution in [0, 0.1) is 0 Å². The summed E-state index contributed by atoms with van der Waals surface area (Å²) < 4.78 is 33.4. The van der Waals surface area contributed by atoms with Gasteiger partial charge in [0.2, 0.25) is 0 Å². The Kier molecular flexibility index (Phi) is 5.30. The van der Waals surface area contributed by atoms with Crippen molar-refractivity contribution in [3.05, 3.63) is 39.9 Å². The van der Waals surface area contributed by atoms with Gasteiger partial charge in [0.05, 0.1) is 0 Å². The van der Waals surface area contributed by atoms with Crippen LogP contribution in [0.1, 0.15) is 17.7 Å². The van der Waals surface area contributed by atoms with E-state index in [1.54, 1.807) is 27.8 Å². The van der Waals surface area contributed by atoms with Gasteiger partial charge in [-0.25, -0.2) is 8.42 Å². The third-order valence-corrected chi connectivity index (χ3v) is 8.08. The molecule has 3 rings (SSSR count). The molecule has 0 saturated carbocycles. The van der Waals surface area contributed by atoms with Crippen LogP contribution in [0.25, 0.3) is 0 Å². The number of hydrogen-bond acceptors (Lipinski definition) is 5. The molecule has 1 aliphatic rings. The summed E-state index contributed by atoms with van der Waals surface area (Å²) in [7, 11) is -3.41. The molecule has 120 valence electrons. The zero-order valence-electron chi connectivity index (χ0n) is 12.2. The topological polar surface area (TPSA) is 46.6 Å². The van der Waals surface area contributed by atoms with Gasteiger partial charge >= 0.3 is 0 Å². The van der Waals surface area contributed by atoms with Crippen molar-refractivity contribution in [2.75, 3.05) is 19.8 Å². The first-order chi connectivity index (χ1) is 10.7. The Balaban J connectivity index is 1.81. The van der Waals surface area contributed by atoms with E-state index in [-0.39, 0.29) is 6.04 Å². The van der Waals surface area contributed by atoms with Crippen LogP contribution < -0.4 is 0 Å². The van der Waals surface area contributed by atoms with Crippen molar-refractivity contribution in [2.24, 2.45) is 0 Å². The van der Waals surface area contributed by atoms with Crippen LogP contribution in [-0.2, 0) is 21.2 Å². The number of sulfonamides is 1. The van der Waals surface area contributed by atoms with E-state index in [9.17, 15) is 8.42 Å². The first kappa shape index (κ1) is 16.1. The molecule has 0 bridgehead atoms. The molecular formula is C15H19NO3S3. The molecule has 0 N–H and O–H groups in total. The predicted molar refractivity (Wildman–Crippen MR) is 90.1 cm³/mol. The summed E-state index contributed by atoms with van der Waals surface area (Å²) in [6.07, 6.45) is 2.31. The lowest BCUT2D eigenvalue weighted by molar-refractivity contribution is 0.0587. The second-order valence-corrected chi connectivity index (χ2v) is 9.32. The van der Waals surface area contributed by atoms with Crippen molar-refractivity contribution in [1.29, 1.82) is 0 Å². The van der Waals surface area contributed by atoms with E-state index >= 15 is 0 Å². The maximum absolute atomic E-state index is 13.0. The van der Waals surface area contributed by atoms with Crippen LogP contribution in [0.15, 0.2) is 39.2 Å². The summed E-state index contributed by atoms with van der Waals surface area (Å²) >= 11 is 2.96. The molecule has 0 radical (unpaired) electrons. The highest BCUT2D eigenvalue weighted by atomic mass is 32.2. The van der Waals surface area contributed by atoms with Gasteiger partial charge in [-0.1, -0.05) is 12.1 Å². The normalized spacial score (nSPS) is 17.1. The molecule has 0 aromatic carbocycles. The highest BCUT2D eigenvalue weighted by Gasteiger charge is 2.32. The zero-order valence-corrected chi connectivity index (χ0v) is 14.6. The van der Waals surface area contributed by atoms with Crippen molar-refractivity contribution >= 4 is 32.7 Å². The van der Waals surface area contributed by atoms with Gasteiger partial charge in [-0.15, -0.1) is 22.7 Å². The Labute approximate surface area is 139 Å². The largest absolute Gasteiger partial charge is 0.381 e. The van der Waals surface area contributed by atoms with Crippen LogP contribution >= 0.6 is 22.7 Å². The number of thiophene rings is 2. The molecule has 1 fully saturated rings. The van der Waals surface area contributed by atoms with E-state index in [0.29, 0.717) is 24.0 Å². The fraction of sp³-hybridized carbons (Fsp3) is 0.467. The summed E-state index contributed by atoms with van der Waals surface area (Å²) in [5.41, 5.74) is 0.